The van der Waals surface area contributed by atoms with Crippen molar-refractivity contribution in [3.05, 3.63) is 82.7 Å². The molecule has 0 bridgehead atoms. The summed E-state index contributed by atoms with van der Waals surface area (Å²) >= 11 is 4.54. The van der Waals surface area contributed by atoms with Crippen molar-refractivity contribution in [1.29, 1.82) is 0 Å². The van der Waals surface area contributed by atoms with Gasteiger partial charge in [0, 0.05) is 10.6 Å². The Morgan fingerprint density at radius 3 is 2.45 bits per heavy atom. The third kappa shape index (κ3) is 4.93. The number of nitrogens with zero attached hydrogens (tertiary/aromatic N) is 2. The summed E-state index contributed by atoms with van der Waals surface area (Å²) in [5.74, 6) is 0.692. The number of aromatic nitrogens is 2. The van der Waals surface area contributed by atoms with Gasteiger partial charge in [-0.15, -0.1) is 21.5 Å². The molecule has 0 atom stereocenters. The molecule has 4 nitrogen and oxygen atoms in total. The minimum atomic E-state index is -0.136. The Hall–Kier alpha value is -2.48. The third-order valence-corrected chi connectivity index (χ3v) is 7.55. The molecule has 1 N–H and O–H groups in total. The molecule has 146 valence electrons. The molecule has 4 rings (SSSR count). The van der Waals surface area contributed by atoms with Gasteiger partial charge in [-0.1, -0.05) is 90.7 Å². The van der Waals surface area contributed by atoms with Crippen LogP contribution in [0.25, 0.3) is 10.4 Å². The highest BCUT2D eigenvalue weighted by atomic mass is 32.2. The first-order chi connectivity index (χ1) is 14.2. The van der Waals surface area contributed by atoms with Crippen molar-refractivity contribution in [2.45, 2.75) is 23.4 Å². The molecule has 2 aromatic carbocycles. The van der Waals surface area contributed by atoms with Crippen molar-refractivity contribution in [3.63, 3.8) is 0 Å². The first kappa shape index (κ1) is 19.8. The predicted molar refractivity (Wildman–Crippen MR) is 123 cm³/mol. The van der Waals surface area contributed by atoms with Gasteiger partial charge in [0.25, 0.3) is 5.91 Å². The third-order valence-electron chi connectivity index (χ3n) is 4.28. The van der Waals surface area contributed by atoms with Gasteiger partial charge >= 0.3 is 0 Å². The van der Waals surface area contributed by atoms with Crippen LogP contribution >= 0.6 is 34.4 Å². The zero-order valence-corrected chi connectivity index (χ0v) is 18.2. The molecule has 0 saturated carbocycles. The van der Waals surface area contributed by atoms with Crippen molar-refractivity contribution < 1.29 is 4.79 Å². The van der Waals surface area contributed by atoms with Gasteiger partial charge in [-0.2, -0.15) is 0 Å². The van der Waals surface area contributed by atoms with Crippen molar-refractivity contribution in [2.75, 3.05) is 5.32 Å². The number of hydrogen-bond acceptors (Lipinski definition) is 6. The molecule has 0 aliphatic rings. The van der Waals surface area contributed by atoms with E-state index in [1.165, 1.54) is 33.8 Å². The lowest BCUT2D eigenvalue weighted by molar-refractivity contribution is 0.103. The monoisotopic (exact) mass is 437 g/mol. The minimum Gasteiger partial charge on any atom is -0.296 e. The van der Waals surface area contributed by atoms with E-state index in [-0.39, 0.29) is 5.91 Å². The Bertz CT molecular complexity index is 1090. The maximum Gasteiger partial charge on any atom is 0.267 e. The van der Waals surface area contributed by atoms with Gasteiger partial charge < -0.3 is 0 Å². The number of nitrogens with one attached hydrogen (secondary N) is 1. The Labute approximate surface area is 182 Å². The standard InChI is InChI=1S/C22H19N3OS3/c1-2-16-13-18(28-19(16)17-11-7-4-8-12-17)20(26)23-21-24-25-22(29-21)27-14-15-9-5-3-6-10-15/h3-13H,2,14H2,1H3,(H,23,24,26). The van der Waals surface area contributed by atoms with E-state index in [2.05, 4.69) is 46.7 Å². The fourth-order valence-corrected chi connectivity index (χ4v) is 5.69. The number of rotatable bonds is 7. The summed E-state index contributed by atoms with van der Waals surface area (Å²) in [5, 5.41) is 11.7. The average molecular weight is 438 g/mol. The van der Waals surface area contributed by atoms with Crippen LogP contribution in [0, 0.1) is 0 Å². The maximum absolute atomic E-state index is 12.7. The van der Waals surface area contributed by atoms with E-state index in [4.69, 9.17) is 0 Å². The Morgan fingerprint density at radius 1 is 1.00 bits per heavy atom. The number of carbonyl (C=O) groups is 1. The second kappa shape index (κ2) is 9.35. The summed E-state index contributed by atoms with van der Waals surface area (Å²) in [6, 6.07) is 22.4. The minimum absolute atomic E-state index is 0.136. The second-order valence-electron chi connectivity index (χ2n) is 6.29. The molecule has 0 aliphatic heterocycles. The van der Waals surface area contributed by atoms with Crippen LogP contribution in [0.3, 0.4) is 0 Å². The molecule has 0 aliphatic carbocycles. The highest BCUT2D eigenvalue weighted by Gasteiger charge is 2.17. The van der Waals surface area contributed by atoms with Gasteiger partial charge in [0.2, 0.25) is 5.13 Å². The fourth-order valence-electron chi connectivity index (χ4n) is 2.83. The van der Waals surface area contributed by atoms with Crippen LogP contribution in [0.4, 0.5) is 5.13 Å². The summed E-state index contributed by atoms with van der Waals surface area (Å²) in [5.41, 5.74) is 3.56. The zero-order chi connectivity index (χ0) is 20.1. The molecule has 1 amide bonds. The lowest BCUT2D eigenvalue weighted by atomic mass is 10.1. The van der Waals surface area contributed by atoms with E-state index in [1.807, 2.05) is 42.5 Å². The molecule has 0 unspecified atom stereocenters. The molecular formula is C22H19N3OS3. The summed E-state index contributed by atoms with van der Waals surface area (Å²) in [6.07, 6.45) is 0.882. The van der Waals surface area contributed by atoms with Crippen LogP contribution in [0.15, 0.2) is 71.1 Å². The van der Waals surface area contributed by atoms with Gasteiger partial charge in [-0.05, 0) is 29.2 Å². The van der Waals surface area contributed by atoms with Crippen molar-refractivity contribution in [1.82, 2.24) is 10.2 Å². The number of thioether (sulfide) groups is 1. The molecule has 4 aromatic rings. The van der Waals surface area contributed by atoms with Gasteiger partial charge in [-0.25, -0.2) is 0 Å². The number of amides is 1. The second-order valence-corrected chi connectivity index (χ2v) is 9.54. The summed E-state index contributed by atoms with van der Waals surface area (Å²) in [4.78, 5) is 14.6. The predicted octanol–water partition coefficient (Wildman–Crippen LogP) is 6.37. The molecule has 0 spiro atoms. The number of carbonyl (C=O) groups excluding carboxylic acids is 1. The summed E-state index contributed by atoms with van der Waals surface area (Å²) in [6.45, 7) is 2.11. The number of aryl methyl sites for hydroxylation is 1. The Morgan fingerprint density at radius 2 is 1.72 bits per heavy atom. The zero-order valence-electron chi connectivity index (χ0n) is 15.8. The quantitative estimate of drug-likeness (QED) is 0.269. The van der Waals surface area contributed by atoms with Crippen LogP contribution in [0.1, 0.15) is 27.7 Å². The van der Waals surface area contributed by atoms with Crippen LogP contribution in [0.5, 0.6) is 0 Å². The maximum atomic E-state index is 12.7. The fraction of sp³-hybridized carbons (Fsp3) is 0.136. The van der Waals surface area contributed by atoms with Crippen LogP contribution in [-0.2, 0) is 12.2 Å². The molecule has 7 heteroatoms. The Balaban J connectivity index is 1.43. The lowest BCUT2D eigenvalue weighted by Gasteiger charge is -2.00. The molecule has 0 radical (unpaired) electrons. The van der Waals surface area contributed by atoms with Gasteiger partial charge in [-0.3, -0.25) is 10.1 Å². The molecule has 0 fully saturated rings. The van der Waals surface area contributed by atoms with Crippen molar-refractivity contribution in [2.24, 2.45) is 0 Å². The normalized spacial score (nSPS) is 10.8. The molecule has 0 saturated heterocycles. The van der Waals surface area contributed by atoms with E-state index < -0.39 is 0 Å². The largest absolute Gasteiger partial charge is 0.296 e. The van der Waals surface area contributed by atoms with Gasteiger partial charge in [0.15, 0.2) is 4.34 Å². The summed E-state index contributed by atoms with van der Waals surface area (Å²) < 4.78 is 0.842. The lowest BCUT2D eigenvalue weighted by Crippen LogP contribution is -2.09. The van der Waals surface area contributed by atoms with Crippen molar-refractivity contribution in [3.8, 4) is 10.4 Å². The first-order valence-electron chi connectivity index (χ1n) is 9.22. The van der Waals surface area contributed by atoms with E-state index in [9.17, 15) is 4.79 Å². The Kier molecular flexibility index (Phi) is 6.39. The van der Waals surface area contributed by atoms with E-state index in [0.29, 0.717) is 10.0 Å². The van der Waals surface area contributed by atoms with E-state index in [1.54, 1.807) is 11.8 Å². The molecule has 29 heavy (non-hydrogen) atoms. The number of hydrogen-bond donors (Lipinski definition) is 1. The molecule has 2 heterocycles. The van der Waals surface area contributed by atoms with Gasteiger partial charge in [0.1, 0.15) is 0 Å². The number of benzene rings is 2. The topological polar surface area (TPSA) is 54.9 Å². The highest BCUT2D eigenvalue weighted by molar-refractivity contribution is 8.00. The van der Waals surface area contributed by atoms with Crippen LogP contribution < -0.4 is 5.32 Å². The smallest absolute Gasteiger partial charge is 0.267 e. The summed E-state index contributed by atoms with van der Waals surface area (Å²) in [7, 11) is 0. The average Bonchev–Trinajstić information content (AvgIpc) is 3.40. The van der Waals surface area contributed by atoms with Crippen molar-refractivity contribution >= 4 is 45.5 Å². The molecule has 2 aromatic heterocycles. The van der Waals surface area contributed by atoms with Crippen LogP contribution in [0.2, 0.25) is 0 Å². The molecular weight excluding hydrogens is 418 g/mol. The first-order valence-corrected chi connectivity index (χ1v) is 11.8. The number of anilines is 1. The SMILES string of the molecule is CCc1cc(C(=O)Nc2nnc(SCc3ccccc3)s2)sc1-c1ccccc1. The number of thiophene rings is 1. The van der Waals surface area contributed by atoms with E-state index >= 15 is 0 Å². The van der Waals surface area contributed by atoms with Crippen LogP contribution in [-0.4, -0.2) is 16.1 Å². The van der Waals surface area contributed by atoms with E-state index in [0.717, 1.165) is 27.0 Å². The highest BCUT2D eigenvalue weighted by Crippen LogP contribution is 2.34. The van der Waals surface area contributed by atoms with Gasteiger partial charge in [0.05, 0.1) is 4.88 Å².